The second-order valence-electron chi connectivity index (χ2n) is 5.01. The van der Waals surface area contributed by atoms with Crippen LogP contribution >= 0.6 is 0 Å². The maximum atomic E-state index is 13.2. The third-order valence-corrected chi connectivity index (χ3v) is 3.30. The van der Waals surface area contributed by atoms with Gasteiger partial charge < -0.3 is 15.4 Å². The number of pyridine rings is 1. The van der Waals surface area contributed by atoms with Gasteiger partial charge in [-0.05, 0) is 17.8 Å². The molecule has 131 valence electrons. The Hall–Kier alpha value is -1.69. The summed E-state index contributed by atoms with van der Waals surface area (Å²) in [5, 5.41) is 12.4. The molecular formula is C17H16F2IrN2O2-2. The molecule has 7 heteroatoms. The molecule has 0 aliphatic carbocycles. The number of carbonyl (C=O) groups is 1. The number of benzene rings is 1. The Bertz CT molecular complexity index is 650. The van der Waals surface area contributed by atoms with E-state index in [2.05, 4.69) is 16.4 Å². The third-order valence-electron chi connectivity index (χ3n) is 3.30. The smallest absolute Gasteiger partial charge is 0.285 e. The number of rotatable bonds is 2. The maximum Gasteiger partial charge on any atom is 0.285 e. The summed E-state index contributed by atoms with van der Waals surface area (Å²) in [4.78, 5) is 14.2. The molecule has 3 rings (SSSR count). The SMILES string of the molecule is Fc1c[c-]c(-c2ccccn2)c(F)c1.O=C(O)C1CCCC[N-]1.[Ir]. The number of aliphatic carboxylic acids is 1. The Labute approximate surface area is 152 Å². The van der Waals surface area contributed by atoms with Crippen molar-refractivity contribution >= 4 is 5.97 Å². The molecule has 2 heterocycles. The van der Waals surface area contributed by atoms with E-state index >= 15 is 0 Å². The van der Waals surface area contributed by atoms with Crippen molar-refractivity contribution in [2.75, 3.05) is 6.54 Å². The van der Waals surface area contributed by atoms with Gasteiger partial charge in [0.15, 0.2) is 0 Å². The minimum atomic E-state index is -0.769. The van der Waals surface area contributed by atoms with Gasteiger partial charge in [-0.3, -0.25) is 13.6 Å². The number of hydrogen-bond acceptors (Lipinski definition) is 2. The summed E-state index contributed by atoms with van der Waals surface area (Å²) in [6.07, 6.45) is 4.35. The van der Waals surface area contributed by atoms with Crippen molar-refractivity contribution in [1.82, 2.24) is 4.98 Å². The van der Waals surface area contributed by atoms with Gasteiger partial charge in [-0.25, -0.2) is 0 Å². The van der Waals surface area contributed by atoms with E-state index in [-0.39, 0.29) is 25.7 Å². The van der Waals surface area contributed by atoms with Gasteiger partial charge in [-0.2, -0.15) is 0 Å². The van der Waals surface area contributed by atoms with Crippen molar-refractivity contribution in [2.45, 2.75) is 25.3 Å². The van der Waals surface area contributed by atoms with Crippen LogP contribution in [-0.2, 0) is 24.9 Å². The molecule has 1 fully saturated rings. The average molecular weight is 511 g/mol. The van der Waals surface area contributed by atoms with E-state index in [0.717, 1.165) is 37.9 Å². The number of carboxylic acid groups (broad SMARTS) is 1. The zero-order chi connectivity index (χ0) is 16.7. The molecule has 0 amide bonds. The van der Waals surface area contributed by atoms with Crippen LogP contribution in [0.15, 0.2) is 36.5 Å². The molecule has 24 heavy (non-hydrogen) atoms. The van der Waals surface area contributed by atoms with E-state index in [0.29, 0.717) is 5.69 Å². The first-order valence-corrected chi connectivity index (χ1v) is 7.25. The molecule has 1 aliphatic rings. The van der Waals surface area contributed by atoms with Gasteiger partial charge in [-0.1, -0.05) is 43.0 Å². The van der Waals surface area contributed by atoms with Crippen LogP contribution in [0, 0.1) is 17.7 Å². The number of hydrogen-bond donors (Lipinski definition) is 1. The van der Waals surface area contributed by atoms with E-state index in [1.165, 1.54) is 0 Å². The first-order chi connectivity index (χ1) is 11.1. The molecule has 0 spiro atoms. The van der Waals surface area contributed by atoms with E-state index < -0.39 is 23.6 Å². The van der Waals surface area contributed by atoms with Crippen molar-refractivity contribution in [1.29, 1.82) is 0 Å². The Morgan fingerprint density at radius 1 is 1.33 bits per heavy atom. The van der Waals surface area contributed by atoms with Crippen molar-refractivity contribution in [3.8, 4) is 11.3 Å². The third kappa shape index (κ3) is 6.07. The summed E-state index contributed by atoms with van der Waals surface area (Å²) >= 11 is 0. The fourth-order valence-corrected chi connectivity index (χ4v) is 2.14. The molecule has 1 radical (unpaired) electrons. The fraction of sp³-hybridized carbons (Fsp3) is 0.294. The van der Waals surface area contributed by atoms with Gasteiger partial charge in [0.2, 0.25) is 0 Å². The maximum absolute atomic E-state index is 13.2. The number of halogens is 2. The molecule has 1 saturated heterocycles. The molecule has 1 atom stereocenters. The van der Waals surface area contributed by atoms with Crippen LogP contribution in [0.1, 0.15) is 19.3 Å². The van der Waals surface area contributed by atoms with Crippen LogP contribution in [0.4, 0.5) is 8.78 Å². The quantitative estimate of drug-likeness (QED) is 0.625. The Kier molecular flexibility index (Phi) is 8.68. The van der Waals surface area contributed by atoms with Crippen molar-refractivity contribution in [2.24, 2.45) is 0 Å². The summed E-state index contributed by atoms with van der Waals surface area (Å²) in [5.41, 5.74) is 0.636. The van der Waals surface area contributed by atoms with Crippen LogP contribution in [0.25, 0.3) is 16.6 Å². The molecule has 0 saturated carbocycles. The van der Waals surface area contributed by atoms with Crippen LogP contribution in [-0.4, -0.2) is 28.6 Å². The molecule has 4 nitrogen and oxygen atoms in total. The van der Waals surface area contributed by atoms with E-state index in [1.54, 1.807) is 24.4 Å². The Balaban J connectivity index is 0.000000252. The summed E-state index contributed by atoms with van der Waals surface area (Å²) in [6, 6.07) is 9.12. The minimum Gasteiger partial charge on any atom is -0.650 e. The molecular weight excluding hydrogens is 494 g/mol. The molecule has 1 N–H and O–H groups in total. The van der Waals surface area contributed by atoms with Gasteiger partial charge >= 0.3 is 0 Å². The first-order valence-electron chi connectivity index (χ1n) is 7.25. The second kappa shape index (κ2) is 10.2. The molecule has 0 bridgehead atoms. The summed E-state index contributed by atoms with van der Waals surface area (Å²) in [6.45, 7) is 0.733. The van der Waals surface area contributed by atoms with E-state index in [1.807, 2.05) is 0 Å². The van der Waals surface area contributed by atoms with Crippen molar-refractivity contribution in [3.05, 3.63) is 59.5 Å². The van der Waals surface area contributed by atoms with Gasteiger partial charge in [-0.15, -0.1) is 18.7 Å². The summed E-state index contributed by atoms with van der Waals surface area (Å²) in [5.74, 6) is -2.06. The predicted molar refractivity (Wildman–Crippen MR) is 81.9 cm³/mol. The second-order valence-corrected chi connectivity index (χ2v) is 5.01. The van der Waals surface area contributed by atoms with Crippen LogP contribution in [0.3, 0.4) is 0 Å². The summed E-state index contributed by atoms with van der Waals surface area (Å²) < 4.78 is 25.8. The van der Waals surface area contributed by atoms with Gasteiger partial charge in [0, 0.05) is 37.9 Å². The summed E-state index contributed by atoms with van der Waals surface area (Å²) in [7, 11) is 0. The number of nitrogens with zero attached hydrogens (tertiary/aromatic N) is 2. The number of piperidine rings is 1. The normalized spacial score (nSPS) is 16.3. The number of aromatic nitrogens is 1. The zero-order valence-corrected chi connectivity index (χ0v) is 15.1. The first kappa shape index (κ1) is 20.4. The van der Waals surface area contributed by atoms with Crippen LogP contribution < -0.4 is 0 Å². The predicted octanol–water partition coefficient (Wildman–Crippen LogP) is 3.82. The topological polar surface area (TPSA) is 64.3 Å². The van der Waals surface area contributed by atoms with E-state index in [9.17, 15) is 13.6 Å². The standard InChI is InChI=1S/C11H6F2N.C6H10NO2.Ir/c12-8-4-5-9(10(13)7-8)11-3-1-2-6-14-11;8-6(9)5-3-1-2-4-7-5;/h1-4,6-7H;5H,1-4H2,(H,8,9);/q2*-1;. The molecule has 1 aromatic carbocycles. The largest absolute Gasteiger partial charge is 0.650 e. The Morgan fingerprint density at radius 2 is 2.12 bits per heavy atom. The number of carboxylic acids is 1. The molecule has 1 aliphatic heterocycles. The average Bonchev–Trinajstić information content (AvgIpc) is 2.57. The monoisotopic (exact) mass is 511 g/mol. The minimum absolute atomic E-state index is 0. The molecule has 1 unspecified atom stereocenters. The van der Waals surface area contributed by atoms with Gasteiger partial charge in [0.1, 0.15) is 0 Å². The van der Waals surface area contributed by atoms with Crippen molar-refractivity contribution < 1.29 is 38.8 Å². The van der Waals surface area contributed by atoms with E-state index in [4.69, 9.17) is 5.11 Å². The zero-order valence-electron chi connectivity index (χ0n) is 12.7. The fourth-order valence-electron chi connectivity index (χ4n) is 2.14. The molecule has 2 aromatic rings. The van der Waals surface area contributed by atoms with Gasteiger partial charge in [0.25, 0.3) is 5.97 Å². The van der Waals surface area contributed by atoms with Crippen molar-refractivity contribution in [3.63, 3.8) is 0 Å². The van der Waals surface area contributed by atoms with Crippen LogP contribution in [0.2, 0.25) is 0 Å². The van der Waals surface area contributed by atoms with Gasteiger partial charge in [0.05, 0.1) is 0 Å². The van der Waals surface area contributed by atoms with Crippen LogP contribution in [0.5, 0.6) is 0 Å². The Morgan fingerprint density at radius 3 is 2.62 bits per heavy atom. The molecule has 1 aromatic heterocycles.